The lowest BCUT2D eigenvalue weighted by Gasteiger charge is -1.97. The van der Waals surface area contributed by atoms with Crippen molar-refractivity contribution in [1.82, 2.24) is 19.7 Å². The van der Waals surface area contributed by atoms with E-state index in [4.69, 9.17) is 0 Å². The van der Waals surface area contributed by atoms with E-state index in [9.17, 15) is 4.79 Å². The number of aromatic nitrogens is 4. The van der Waals surface area contributed by atoms with Crippen LogP contribution in [0.15, 0.2) is 21.7 Å². The van der Waals surface area contributed by atoms with Crippen molar-refractivity contribution >= 4 is 15.9 Å². The van der Waals surface area contributed by atoms with Crippen molar-refractivity contribution in [3.05, 3.63) is 32.9 Å². The summed E-state index contributed by atoms with van der Waals surface area (Å²) in [4.78, 5) is 18.2. The Hall–Kier alpha value is -1.43. The Bertz CT molecular complexity index is 557. The van der Waals surface area contributed by atoms with E-state index < -0.39 is 0 Å². The van der Waals surface area contributed by atoms with E-state index in [0.717, 1.165) is 11.3 Å². The first-order valence-corrected chi connectivity index (χ1v) is 5.12. The van der Waals surface area contributed by atoms with Crippen molar-refractivity contribution in [2.24, 2.45) is 7.05 Å². The molecule has 0 saturated heterocycles. The number of hydrogen-bond acceptors (Lipinski definition) is 3. The van der Waals surface area contributed by atoms with Crippen LogP contribution in [-0.4, -0.2) is 19.7 Å². The number of halogens is 1. The minimum Gasteiger partial charge on any atom is -0.305 e. The molecule has 2 heterocycles. The van der Waals surface area contributed by atoms with Gasteiger partial charge in [0.15, 0.2) is 0 Å². The third-order valence-electron chi connectivity index (χ3n) is 2.02. The van der Waals surface area contributed by atoms with Crippen molar-refractivity contribution in [2.45, 2.75) is 6.92 Å². The molecule has 0 bridgehead atoms. The molecule has 78 valence electrons. The van der Waals surface area contributed by atoms with Gasteiger partial charge in [-0.25, -0.2) is 4.98 Å². The number of aromatic amines is 1. The van der Waals surface area contributed by atoms with Crippen molar-refractivity contribution in [3.63, 3.8) is 0 Å². The predicted molar refractivity (Wildman–Crippen MR) is 59.5 cm³/mol. The van der Waals surface area contributed by atoms with Gasteiger partial charge in [0.25, 0.3) is 5.56 Å². The van der Waals surface area contributed by atoms with Crippen LogP contribution in [0.5, 0.6) is 0 Å². The van der Waals surface area contributed by atoms with E-state index in [1.165, 1.54) is 6.20 Å². The van der Waals surface area contributed by atoms with Crippen LogP contribution in [-0.2, 0) is 7.05 Å². The quantitative estimate of drug-likeness (QED) is 0.847. The molecule has 0 aliphatic heterocycles. The first kappa shape index (κ1) is 10.1. The summed E-state index contributed by atoms with van der Waals surface area (Å²) in [7, 11) is 1.83. The topological polar surface area (TPSA) is 63.6 Å². The lowest BCUT2D eigenvalue weighted by atomic mass is 10.2. The molecule has 2 aromatic heterocycles. The third-order valence-corrected chi connectivity index (χ3v) is 2.59. The Morgan fingerprint density at radius 1 is 1.53 bits per heavy atom. The maximum atomic E-state index is 11.4. The SMILES string of the molecule is Cc1nn(C)cc1-c1ncc(Br)c(=O)[nH]1. The highest BCUT2D eigenvalue weighted by atomic mass is 79.9. The highest BCUT2D eigenvalue weighted by molar-refractivity contribution is 9.10. The van der Waals surface area contributed by atoms with Gasteiger partial charge in [0.05, 0.1) is 11.3 Å². The number of aryl methyl sites for hydroxylation is 2. The maximum absolute atomic E-state index is 11.4. The average Bonchev–Trinajstić information content (AvgIpc) is 2.50. The molecular formula is C9H9BrN4O. The van der Waals surface area contributed by atoms with Crippen molar-refractivity contribution in [3.8, 4) is 11.4 Å². The van der Waals surface area contributed by atoms with Gasteiger partial charge in [-0.15, -0.1) is 0 Å². The zero-order valence-electron chi connectivity index (χ0n) is 8.28. The standard InChI is InChI=1S/C9H9BrN4O/c1-5-6(4-14(2)13-5)8-11-3-7(10)9(15)12-8/h3-4H,1-2H3,(H,11,12,15). The molecule has 0 saturated carbocycles. The van der Waals surface area contributed by atoms with Crippen LogP contribution in [0.2, 0.25) is 0 Å². The van der Waals surface area contributed by atoms with Gasteiger partial charge in [0, 0.05) is 19.4 Å². The number of nitrogens with one attached hydrogen (secondary N) is 1. The Kier molecular flexibility index (Phi) is 2.44. The second-order valence-electron chi connectivity index (χ2n) is 3.21. The van der Waals surface area contributed by atoms with E-state index >= 15 is 0 Å². The van der Waals surface area contributed by atoms with Crippen LogP contribution in [0, 0.1) is 6.92 Å². The summed E-state index contributed by atoms with van der Waals surface area (Å²) in [6, 6.07) is 0. The minimum absolute atomic E-state index is 0.191. The van der Waals surface area contributed by atoms with E-state index in [2.05, 4.69) is 31.0 Å². The third kappa shape index (κ3) is 1.85. The number of H-pyrrole nitrogens is 1. The molecular weight excluding hydrogens is 260 g/mol. The van der Waals surface area contributed by atoms with Crippen LogP contribution >= 0.6 is 15.9 Å². The molecule has 2 rings (SSSR count). The molecule has 15 heavy (non-hydrogen) atoms. The molecule has 0 unspecified atom stereocenters. The molecule has 0 radical (unpaired) electrons. The van der Waals surface area contributed by atoms with Gasteiger partial charge in [0.2, 0.25) is 0 Å². The van der Waals surface area contributed by atoms with E-state index in [0.29, 0.717) is 10.3 Å². The smallest absolute Gasteiger partial charge is 0.265 e. The Morgan fingerprint density at radius 2 is 2.27 bits per heavy atom. The van der Waals surface area contributed by atoms with Gasteiger partial charge < -0.3 is 4.98 Å². The lowest BCUT2D eigenvalue weighted by molar-refractivity contribution is 0.756. The average molecular weight is 269 g/mol. The van der Waals surface area contributed by atoms with Crippen LogP contribution in [0.1, 0.15) is 5.69 Å². The molecule has 0 amide bonds. The summed E-state index contributed by atoms with van der Waals surface area (Å²) in [5, 5.41) is 4.18. The zero-order valence-corrected chi connectivity index (χ0v) is 9.87. The highest BCUT2D eigenvalue weighted by Gasteiger charge is 2.08. The van der Waals surface area contributed by atoms with E-state index in [1.54, 1.807) is 4.68 Å². The summed E-state index contributed by atoms with van der Waals surface area (Å²) in [6.07, 6.45) is 3.31. The maximum Gasteiger partial charge on any atom is 0.265 e. The Morgan fingerprint density at radius 3 is 2.80 bits per heavy atom. The van der Waals surface area contributed by atoms with Gasteiger partial charge in [-0.05, 0) is 22.9 Å². The van der Waals surface area contributed by atoms with Gasteiger partial charge in [0.1, 0.15) is 10.3 Å². The molecule has 0 fully saturated rings. The van der Waals surface area contributed by atoms with Crippen LogP contribution in [0.4, 0.5) is 0 Å². The molecule has 0 aromatic carbocycles. The van der Waals surface area contributed by atoms with E-state index in [1.807, 2.05) is 20.2 Å². The molecule has 1 N–H and O–H groups in total. The zero-order chi connectivity index (χ0) is 11.0. The molecule has 6 heteroatoms. The second kappa shape index (κ2) is 3.62. The highest BCUT2D eigenvalue weighted by Crippen LogP contribution is 2.16. The van der Waals surface area contributed by atoms with Crippen LogP contribution in [0.3, 0.4) is 0 Å². The number of rotatable bonds is 1. The Labute approximate surface area is 94.3 Å². The first-order valence-electron chi connectivity index (χ1n) is 4.33. The summed E-state index contributed by atoms with van der Waals surface area (Å²) < 4.78 is 2.11. The lowest BCUT2D eigenvalue weighted by Crippen LogP contribution is -2.08. The van der Waals surface area contributed by atoms with E-state index in [-0.39, 0.29) is 5.56 Å². The molecule has 0 spiro atoms. The fourth-order valence-electron chi connectivity index (χ4n) is 1.35. The first-order chi connectivity index (χ1) is 7.08. The Balaban J connectivity index is 2.59. The summed E-state index contributed by atoms with van der Waals surface area (Å²) >= 11 is 3.10. The number of nitrogens with zero attached hydrogens (tertiary/aromatic N) is 3. The number of hydrogen-bond donors (Lipinski definition) is 1. The largest absolute Gasteiger partial charge is 0.305 e. The molecule has 0 atom stereocenters. The summed E-state index contributed by atoms with van der Waals surface area (Å²) in [5.74, 6) is 0.536. The molecule has 0 aliphatic carbocycles. The second-order valence-corrected chi connectivity index (χ2v) is 4.07. The van der Waals surface area contributed by atoms with Gasteiger partial charge in [-0.1, -0.05) is 0 Å². The van der Waals surface area contributed by atoms with Crippen molar-refractivity contribution in [1.29, 1.82) is 0 Å². The van der Waals surface area contributed by atoms with Crippen molar-refractivity contribution in [2.75, 3.05) is 0 Å². The predicted octanol–water partition coefficient (Wildman–Crippen LogP) is 1.24. The van der Waals surface area contributed by atoms with Gasteiger partial charge in [-0.3, -0.25) is 9.48 Å². The molecule has 5 nitrogen and oxygen atoms in total. The van der Waals surface area contributed by atoms with Crippen LogP contribution in [0.25, 0.3) is 11.4 Å². The normalized spacial score (nSPS) is 10.6. The fourth-order valence-corrected chi connectivity index (χ4v) is 1.55. The van der Waals surface area contributed by atoms with Crippen molar-refractivity contribution < 1.29 is 0 Å². The minimum atomic E-state index is -0.191. The monoisotopic (exact) mass is 268 g/mol. The summed E-state index contributed by atoms with van der Waals surface area (Å²) in [5.41, 5.74) is 1.48. The summed E-state index contributed by atoms with van der Waals surface area (Å²) in [6.45, 7) is 1.87. The molecule has 0 aliphatic rings. The molecule has 2 aromatic rings. The van der Waals surface area contributed by atoms with Gasteiger partial charge >= 0.3 is 0 Å². The van der Waals surface area contributed by atoms with Gasteiger partial charge in [-0.2, -0.15) is 5.10 Å². The van der Waals surface area contributed by atoms with Crippen LogP contribution < -0.4 is 5.56 Å². The fraction of sp³-hybridized carbons (Fsp3) is 0.222.